The number of ether oxygens (including phenoxy) is 1. The number of hydrogen-bond acceptors (Lipinski definition) is 5. The van der Waals surface area contributed by atoms with E-state index >= 15 is 0 Å². The average molecular weight is 180 g/mol. The summed E-state index contributed by atoms with van der Waals surface area (Å²) < 4.78 is 15.0. The van der Waals surface area contributed by atoms with Gasteiger partial charge < -0.3 is 9.84 Å². The Labute approximate surface area is 65.3 Å². The van der Waals surface area contributed by atoms with Crippen LogP contribution >= 0.6 is 7.80 Å². The maximum atomic E-state index is 10.7. The molecule has 0 aromatic carbocycles. The van der Waals surface area contributed by atoms with Crippen molar-refractivity contribution in [2.24, 2.45) is 5.73 Å². The van der Waals surface area contributed by atoms with E-state index in [1.165, 1.54) is 7.11 Å². The number of rotatable bonds is 4. The second-order valence-electron chi connectivity index (χ2n) is 1.91. The van der Waals surface area contributed by atoms with Crippen LogP contribution in [0, 0.1) is 0 Å². The van der Waals surface area contributed by atoms with Gasteiger partial charge in [0.25, 0.3) is 0 Å². The van der Waals surface area contributed by atoms with Crippen LogP contribution in [0.5, 0.6) is 0 Å². The Hall–Kier alpha value is -0.510. The Morgan fingerprint density at radius 1 is 1.82 bits per heavy atom. The van der Waals surface area contributed by atoms with Crippen molar-refractivity contribution < 1.29 is 19.2 Å². The van der Waals surface area contributed by atoms with Gasteiger partial charge >= 0.3 is 13.8 Å². The number of carbonyl (C=O) groups excluding carboxylic acids is 1. The normalized spacial score (nSPS) is 13.9. The molecular formula is C5H11NO4P+. The second kappa shape index (κ2) is 5.18. The van der Waals surface area contributed by atoms with Crippen LogP contribution in [0.3, 0.4) is 0 Å². The first-order valence-corrected chi connectivity index (χ1v) is 4.50. The Morgan fingerprint density at radius 2 is 2.36 bits per heavy atom. The van der Waals surface area contributed by atoms with Crippen LogP contribution in [0.1, 0.15) is 6.42 Å². The summed E-state index contributed by atoms with van der Waals surface area (Å²) in [7, 11) is -0.672. The zero-order chi connectivity index (χ0) is 8.85. The molecule has 0 aliphatic rings. The van der Waals surface area contributed by atoms with Gasteiger partial charge in [-0.3, -0.25) is 10.5 Å². The highest BCUT2D eigenvalue weighted by Gasteiger charge is 2.27. The molecule has 5 nitrogen and oxygen atoms in total. The topological polar surface area (TPSA) is 89.6 Å². The SMILES string of the molecule is COC(=O)CC(N)[P+](=O)CO. The zero-order valence-electron chi connectivity index (χ0n) is 6.19. The van der Waals surface area contributed by atoms with Crippen molar-refractivity contribution >= 4 is 13.8 Å². The molecule has 0 saturated carbocycles. The third-order valence-corrected chi connectivity index (χ3v) is 2.31. The van der Waals surface area contributed by atoms with Crippen molar-refractivity contribution in [3.63, 3.8) is 0 Å². The van der Waals surface area contributed by atoms with Gasteiger partial charge in [0.2, 0.25) is 12.1 Å². The molecule has 0 aliphatic carbocycles. The monoisotopic (exact) mass is 180 g/mol. The van der Waals surface area contributed by atoms with E-state index in [9.17, 15) is 9.36 Å². The minimum atomic E-state index is -1.90. The van der Waals surface area contributed by atoms with Crippen LogP contribution < -0.4 is 5.73 Å². The molecule has 0 saturated heterocycles. The minimum Gasteiger partial charge on any atom is -0.469 e. The van der Waals surface area contributed by atoms with Crippen LogP contribution in [-0.4, -0.2) is 30.3 Å². The lowest BCUT2D eigenvalue weighted by Gasteiger charge is -1.97. The summed E-state index contributed by atoms with van der Waals surface area (Å²) in [4.78, 5) is 10.5. The fourth-order valence-electron chi connectivity index (χ4n) is 0.461. The van der Waals surface area contributed by atoms with Crippen LogP contribution in [0.15, 0.2) is 0 Å². The predicted molar refractivity (Wildman–Crippen MR) is 39.3 cm³/mol. The van der Waals surface area contributed by atoms with E-state index in [0.717, 1.165) is 0 Å². The van der Waals surface area contributed by atoms with E-state index in [-0.39, 0.29) is 6.42 Å². The van der Waals surface area contributed by atoms with E-state index in [2.05, 4.69) is 4.74 Å². The molecule has 0 aromatic heterocycles. The van der Waals surface area contributed by atoms with Gasteiger partial charge in [-0.1, -0.05) is 4.57 Å². The number of carbonyl (C=O) groups is 1. The van der Waals surface area contributed by atoms with Gasteiger partial charge in [0, 0.05) is 0 Å². The smallest absolute Gasteiger partial charge is 0.385 e. The molecule has 2 atom stereocenters. The number of esters is 1. The van der Waals surface area contributed by atoms with Gasteiger partial charge in [0.15, 0.2) is 0 Å². The number of methoxy groups -OCH3 is 1. The highest BCUT2D eigenvalue weighted by atomic mass is 31.1. The van der Waals surface area contributed by atoms with Crippen LogP contribution in [0.25, 0.3) is 0 Å². The van der Waals surface area contributed by atoms with Crippen molar-refractivity contribution in [3.05, 3.63) is 0 Å². The standard InChI is InChI=1S/C5H11NO4P/c1-10-5(8)2-4(6)11(9)3-7/h4,7H,2-3,6H2,1H3/q+1. The molecule has 0 bridgehead atoms. The highest BCUT2D eigenvalue weighted by Crippen LogP contribution is 2.24. The third kappa shape index (κ3) is 4.03. The number of hydrogen-bond donors (Lipinski definition) is 2. The first kappa shape index (κ1) is 10.5. The van der Waals surface area contributed by atoms with Gasteiger partial charge in [-0.25, -0.2) is 0 Å². The van der Waals surface area contributed by atoms with Crippen molar-refractivity contribution in [2.45, 2.75) is 12.2 Å². The summed E-state index contributed by atoms with van der Waals surface area (Å²) in [6.45, 7) is 0. The van der Waals surface area contributed by atoms with Crippen molar-refractivity contribution in [3.8, 4) is 0 Å². The van der Waals surface area contributed by atoms with Crippen molar-refractivity contribution in [2.75, 3.05) is 13.5 Å². The maximum absolute atomic E-state index is 10.7. The zero-order valence-corrected chi connectivity index (χ0v) is 7.08. The maximum Gasteiger partial charge on any atom is 0.385 e. The predicted octanol–water partition coefficient (Wildman–Crippen LogP) is -0.388. The molecule has 0 heterocycles. The summed E-state index contributed by atoms with van der Waals surface area (Å²) in [5.41, 5.74) is 5.26. The number of aliphatic hydroxyl groups is 1. The molecule has 0 aromatic rings. The van der Waals surface area contributed by atoms with E-state index in [1.807, 2.05) is 0 Å². The molecular weight excluding hydrogens is 169 g/mol. The van der Waals surface area contributed by atoms with Crippen LogP contribution in [0.4, 0.5) is 0 Å². The van der Waals surface area contributed by atoms with Gasteiger partial charge in [-0.2, -0.15) is 0 Å². The Bertz CT molecular complexity index is 161. The lowest BCUT2D eigenvalue weighted by molar-refractivity contribution is -0.140. The van der Waals surface area contributed by atoms with E-state index in [0.29, 0.717) is 0 Å². The van der Waals surface area contributed by atoms with Crippen LogP contribution in [0.2, 0.25) is 0 Å². The van der Waals surface area contributed by atoms with Gasteiger partial charge in [-0.15, -0.1) is 0 Å². The number of nitrogens with two attached hydrogens (primary N) is 1. The Balaban J connectivity index is 3.77. The van der Waals surface area contributed by atoms with E-state index < -0.39 is 25.9 Å². The average Bonchev–Trinajstić information content (AvgIpc) is 2.02. The molecule has 0 radical (unpaired) electrons. The largest absolute Gasteiger partial charge is 0.469 e. The molecule has 0 fully saturated rings. The molecule has 0 aliphatic heterocycles. The molecule has 2 unspecified atom stereocenters. The van der Waals surface area contributed by atoms with E-state index in [4.69, 9.17) is 10.8 Å². The number of aliphatic hydroxyl groups excluding tert-OH is 1. The summed E-state index contributed by atoms with van der Waals surface area (Å²) in [6.07, 6.45) is -0.611. The summed E-state index contributed by atoms with van der Waals surface area (Å²) in [6, 6.07) is 0. The van der Waals surface area contributed by atoms with Gasteiger partial charge in [0.1, 0.15) is 6.42 Å². The van der Waals surface area contributed by atoms with Crippen molar-refractivity contribution in [1.29, 1.82) is 0 Å². The third-order valence-electron chi connectivity index (χ3n) is 1.11. The first-order valence-electron chi connectivity index (χ1n) is 2.98. The quantitative estimate of drug-likeness (QED) is 0.454. The molecule has 0 rings (SSSR count). The fraction of sp³-hybridized carbons (Fsp3) is 0.800. The first-order chi connectivity index (χ1) is 5.11. The molecule has 0 spiro atoms. The lowest BCUT2D eigenvalue weighted by atomic mass is 10.4. The molecule has 11 heavy (non-hydrogen) atoms. The Morgan fingerprint density at radius 3 is 2.73 bits per heavy atom. The fourth-order valence-corrected chi connectivity index (χ4v) is 1.02. The molecule has 6 heteroatoms. The molecule has 64 valence electrons. The summed E-state index contributed by atoms with van der Waals surface area (Å²) in [5.74, 6) is -1.32. The van der Waals surface area contributed by atoms with Gasteiger partial charge in [0.05, 0.1) is 7.11 Å². The molecule has 0 amide bonds. The summed E-state index contributed by atoms with van der Waals surface area (Å²) >= 11 is 0. The minimum absolute atomic E-state index is 0.119. The summed E-state index contributed by atoms with van der Waals surface area (Å²) in [5, 5.41) is 8.37. The Kier molecular flexibility index (Phi) is 4.94. The highest BCUT2D eigenvalue weighted by molar-refractivity contribution is 7.45. The van der Waals surface area contributed by atoms with Crippen molar-refractivity contribution in [1.82, 2.24) is 0 Å². The van der Waals surface area contributed by atoms with Crippen LogP contribution in [-0.2, 0) is 14.1 Å². The lowest BCUT2D eigenvalue weighted by Crippen LogP contribution is -2.21. The van der Waals surface area contributed by atoms with E-state index in [1.54, 1.807) is 0 Å². The van der Waals surface area contributed by atoms with Gasteiger partial charge in [-0.05, 0) is 0 Å². The molecule has 3 N–H and O–H groups in total. The second-order valence-corrected chi connectivity index (χ2v) is 3.69.